The summed E-state index contributed by atoms with van der Waals surface area (Å²) in [6.45, 7) is 1.59. The molecule has 19 heteroatoms. The van der Waals surface area contributed by atoms with Crippen molar-refractivity contribution in [3.05, 3.63) is 24.3 Å². The van der Waals surface area contributed by atoms with E-state index < -0.39 is 124 Å². The summed E-state index contributed by atoms with van der Waals surface area (Å²) in [6, 6.07) is -0.980. The summed E-state index contributed by atoms with van der Waals surface area (Å²) in [5.74, 6) is -0.296. The summed E-state index contributed by atoms with van der Waals surface area (Å²) in [5, 5.41) is 119. The molecular weight excluding hydrogens is 867 g/mol. The van der Waals surface area contributed by atoms with Crippen molar-refractivity contribution >= 4 is 5.91 Å². The molecule has 0 aromatic rings. The molecule has 386 valence electrons. The third-order valence-electron chi connectivity index (χ3n) is 12.5. The van der Waals surface area contributed by atoms with Gasteiger partial charge in [-0.1, -0.05) is 122 Å². The number of allylic oxidation sites excluding steroid dienone is 3. The van der Waals surface area contributed by atoms with Crippen molar-refractivity contribution in [3.63, 3.8) is 0 Å². The lowest BCUT2D eigenvalue weighted by atomic mass is 9.96. The molecule has 0 spiro atoms. The Morgan fingerprint density at radius 3 is 1.52 bits per heavy atom. The first-order valence-corrected chi connectivity index (χ1v) is 24.6. The minimum absolute atomic E-state index is 0.235. The fourth-order valence-corrected chi connectivity index (χ4v) is 8.32. The van der Waals surface area contributed by atoms with Crippen molar-refractivity contribution in [2.24, 2.45) is 0 Å². The normalized spacial score (nSPS) is 34.0. The molecule has 12 N–H and O–H groups in total. The second-order valence-corrected chi connectivity index (χ2v) is 17.9. The van der Waals surface area contributed by atoms with Crippen LogP contribution in [-0.2, 0) is 33.2 Å². The summed E-state index contributed by atoms with van der Waals surface area (Å²) >= 11 is 0. The first kappa shape index (κ1) is 58.6. The maximum Gasteiger partial charge on any atom is 0.220 e. The number of rotatable bonds is 33. The average molecular weight is 952 g/mol. The SMILES string of the molecule is CCCCCCCCCC/C=C/CC/C=C/C(O)C(COC1OC(CO)C(OC2OC(CO)C(OC3OC(CO)C(O)C(O)C3O)C(O)C2O)C(O)C1O)NC(=O)CCCCCCCCC. The molecule has 0 aromatic heterocycles. The largest absolute Gasteiger partial charge is 0.394 e. The zero-order chi connectivity index (χ0) is 48.4. The average Bonchev–Trinajstić information content (AvgIpc) is 3.31. The number of ether oxygens (including phenoxy) is 6. The molecule has 0 aliphatic carbocycles. The topological polar surface area (TPSA) is 307 Å². The molecule has 3 rings (SSSR count). The van der Waals surface area contributed by atoms with Gasteiger partial charge < -0.3 is 89.9 Å². The minimum Gasteiger partial charge on any atom is -0.394 e. The molecule has 1 amide bonds. The van der Waals surface area contributed by atoms with E-state index in [-0.39, 0.29) is 18.9 Å². The van der Waals surface area contributed by atoms with Crippen LogP contribution >= 0.6 is 0 Å². The van der Waals surface area contributed by atoms with E-state index in [1.807, 2.05) is 6.08 Å². The smallest absolute Gasteiger partial charge is 0.220 e. The van der Waals surface area contributed by atoms with Crippen LogP contribution in [0.15, 0.2) is 24.3 Å². The molecule has 0 bridgehead atoms. The predicted octanol–water partition coefficient (Wildman–Crippen LogP) is 0.861. The van der Waals surface area contributed by atoms with Crippen LogP contribution in [0.25, 0.3) is 0 Å². The van der Waals surface area contributed by atoms with Crippen LogP contribution in [0.3, 0.4) is 0 Å². The van der Waals surface area contributed by atoms with E-state index in [1.54, 1.807) is 6.08 Å². The fraction of sp³-hybridized carbons (Fsp3) is 0.894. The van der Waals surface area contributed by atoms with Crippen LogP contribution in [-0.4, -0.2) is 193 Å². The van der Waals surface area contributed by atoms with E-state index in [9.17, 15) is 61.0 Å². The van der Waals surface area contributed by atoms with E-state index in [2.05, 4.69) is 31.3 Å². The van der Waals surface area contributed by atoms with Crippen molar-refractivity contribution < 1.29 is 89.4 Å². The standard InChI is InChI=1S/C47H85NO18/c1-3-5-7-9-11-12-13-14-15-16-17-19-20-22-24-31(52)30(48-35(53)25-23-21-18-10-8-6-4-2)29-61-45-41(59)38(56)43(33(27-50)63-45)66-47-42(60)39(57)44(34(28-51)64-47)65-46-40(58)37(55)36(54)32(26-49)62-46/h16-17,22,24,30-34,36-47,49-52,54-60H,3-15,18-21,23,25-29H2,1-2H3,(H,48,53)/b17-16+,24-22+. The van der Waals surface area contributed by atoms with Gasteiger partial charge in [0.15, 0.2) is 18.9 Å². The van der Waals surface area contributed by atoms with Gasteiger partial charge in [-0.25, -0.2) is 0 Å². The van der Waals surface area contributed by atoms with Crippen molar-refractivity contribution in [1.29, 1.82) is 0 Å². The van der Waals surface area contributed by atoms with E-state index in [0.717, 1.165) is 51.4 Å². The Labute approximate surface area is 390 Å². The molecule has 3 saturated heterocycles. The van der Waals surface area contributed by atoms with E-state index in [4.69, 9.17) is 28.4 Å². The van der Waals surface area contributed by atoms with E-state index in [0.29, 0.717) is 12.8 Å². The van der Waals surface area contributed by atoms with Gasteiger partial charge in [-0.05, 0) is 32.1 Å². The monoisotopic (exact) mass is 952 g/mol. The lowest BCUT2D eigenvalue weighted by molar-refractivity contribution is -0.379. The van der Waals surface area contributed by atoms with Crippen molar-refractivity contribution in [2.45, 2.75) is 240 Å². The summed E-state index contributed by atoms with van der Waals surface area (Å²) in [5.41, 5.74) is 0. The number of unbranched alkanes of at least 4 members (excludes halogenated alkanes) is 15. The van der Waals surface area contributed by atoms with Gasteiger partial charge >= 0.3 is 0 Å². The number of aliphatic hydroxyl groups is 11. The highest BCUT2D eigenvalue weighted by atomic mass is 16.8. The number of carbonyl (C=O) groups is 1. The van der Waals surface area contributed by atoms with Crippen molar-refractivity contribution in [1.82, 2.24) is 5.32 Å². The van der Waals surface area contributed by atoms with Crippen LogP contribution in [0.4, 0.5) is 0 Å². The van der Waals surface area contributed by atoms with Crippen molar-refractivity contribution in [3.8, 4) is 0 Å². The highest BCUT2D eigenvalue weighted by molar-refractivity contribution is 5.76. The molecule has 3 aliphatic heterocycles. The molecule has 17 unspecified atom stereocenters. The Hall–Kier alpha value is -1.73. The summed E-state index contributed by atoms with van der Waals surface area (Å²) in [7, 11) is 0. The van der Waals surface area contributed by atoms with Crippen LogP contribution in [0.2, 0.25) is 0 Å². The Kier molecular flexibility index (Phi) is 29.3. The molecule has 3 fully saturated rings. The first-order chi connectivity index (χ1) is 31.8. The maximum atomic E-state index is 13.1. The number of carbonyl (C=O) groups excluding carboxylic acids is 1. The van der Waals surface area contributed by atoms with Gasteiger partial charge in [-0.3, -0.25) is 4.79 Å². The maximum absolute atomic E-state index is 13.1. The fourth-order valence-electron chi connectivity index (χ4n) is 8.32. The van der Waals surface area contributed by atoms with Gasteiger partial charge in [0.25, 0.3) is 0 Å². The summed E-state index contributed by atoms with van der Waals surface area (Å²) in [4.78, 5) is 13.1. The van der Waals surface area contributed by atoms with Gasteiger partial charge in [-0.2, -0.15) is 0 Å². The zero-order valence-corrected chi connectivity index (χ0v) is 39.2. The number of hydrogen-bond donors (Lipinski definition) is 12. The third kappa shape index (κ3) is 19.2. The van der Waals surface area contributed by atoms with Crippen LogP contribution in [0.1, 0.15) is 136 Å². The second kappa shape index (κ2) is 33.0. The van der Waals surface area contributed by atoms with Crippen LogP contribution in [0.5, 0.6) is 0 Å². The number of amides is 1. The molecule has 17 atom stereocenters. The molecule has 66 heavy (non-hydrogen) atoms. The van der Waals surface area contributed by atoms with Gasteiger partial charge in [0.2, 0.25) is 5.91 Å². The molecule has 0 saturated carbocycles. The molecule has 0 radical (unpaired) electrons. The second-order valence-electron chi connectivity index (χ2n) is 17.9. The first-order valence-electron chi connectivity index (χ1n) is 24.6. The zero-order valence-electron chi connectivity index (χ0n) is 39.2. The van der Waals surface area contributed by atoms with Gasteiger partial charge in [0.1, 0.15) is 73.2 Å². The number of aliphatic hydroxyl groups excluding tert-OH is 11. The molecule has 19 nitrogen and oxygen atoms in total. The Balaban J connectivity index is 1.59. The van der Waals surface area contributed by atoms with Gasteiger partial charge in [0, 0.05) is 6.42 Å². The summed E-state index contributed by atoms with van der Waals surface area (Å²) < 4.78 is 34.0. The Bertz CT molecular complexity index is 1330. The highest BCUT2D eigenvalue weighted by Gasteiger charge is 2.53. The highest BCUT2D eigenvalue weighted by Crippen LogP contribution is 2.33. The van der Waals surface area contributed by atoms with Crippen LogP contribution in [0, 0.1) is 0 Å². The lowest BCUT2D eigenvalue weighted by Crippen LogP contribution is -2.66. The van der Waals surface area contributed by atoms with Crippen LogP contribution < -0.4 is 5.32 Å². The molecule has 3 aliphatic rings. The van der Waals surface area contributed by atoms with Crippen molar-refractivity contribution in [2.75, 3.05) is 26.4 Å². The van der Waals surface area contributed by atoms with Gasteiger partial charge in [-0.15, -0.1) is 0 Å². The molecule has 0 aromatic carbocycles. The Morgan fingerprint density at radius 1 is 0.530 bits per heavy atom. The number of nitrogens with one attached hydrogen (secondary N) is 1. The van der Waals surface area contributed by atoms with Gasteiger partial charge in [0.05, 0.1) is 38.6 Å². The lowest BCUT2D eigenvalue weighted by Gasteiger charge is -2.48. The van der Waals surface area contributed by atoms with E-state index in [1.165, 1.54) is 51.4 Å². The Morgan fingerprint density at radius 2 is 0.970 bits per heavy atom. The summed E-state index contributed by atoms with van der Waals surface area (Å²) in [6.07, 6.45) is 0.817. The third-order valence-corrected chi connectivity index (χ3v) is 12.5. The van der Waals surface area contributed by atoms with E-state index >= 15 is 0 Å². The quantitative estimate of drug-likeness (QED) is 0.0321. The minimum atomic E-state index is -1.98. The number of hydrogen-bond acceptors (Lipinski definition) is 18. The molecule has 3 heterocycles. The predicted molar refractivity (Wildman–Crippen MR) is 240 cm³/mol. The molecular formula is C47H85NO18.